The highest BCUT2D eigenvalue weighted by Gasteiger charge is 2.29. The summed E-state index contributed by atoms with van der Waals surface area (Å²) in [6.45, 7) is 2.36. The van der Waals surface area contributed by atoms with Gasteiger partial charge in [-0.3, -0.25) is 4.90 Å². The number of rotatable bonds is 2. The van der Waals surface area contributed by atoms with E-state index >= 15 is 0 Å². The summed E-state index contributed by atoms with van der Waals surface area (Å²) < 4.78 is 6.69. The van der Waals surface area contributed by atoms with E-state index in [4.69, 9.17) is 4.74 Å². The minimum absolute atomic E-state index is 0.476. The van der Waals surface area contributed by atoms with Crippen molar-refractivity contribution < 1.29 is 4.74 Å². The summed E-state index contributed by atoms with van der Waals surface area (Å²) in [6, 6.07) is 7.46. The fourth-order valence-electron chi connectivity index (χ4n) is 3.56. The molecule has 0 spiro atoms. The third-order valence-electron chi connectivity index (χ3n) is 4.64. The number of likely N-dealkylation sites (tertiary alicyclic amines) is 1. The minimum Gasteiger partial charge on any atom is -0.381 e. The normalized spacial score (nSPS) is 25.3. The molecular formula is C16H22BrNO. The van der Waals surface area contributed by atoms with Crippen molar-refractivity contribution in [1.82, 2.24) is 4.90 Å². The summed E-state index contributed by atoms with van der Waals surface area (Å²) in [7, 11) is 1.84. The van der Waals surface area contributed by atoms with Crippen LogP contribution in [-0.2, 0) is 11.2 Å². The Morgan fingerprint density at radius 1 is 1.21 bits per heavy atom. The highest BCUT2D eigenvalue weighted by molar-refractivity contribution is 9.10. The number of hydrogen-bond donors (Lipinski definition) is 0. The Balaban J connectivity index is 1.77. The summed E-state index contributed by atoms with van der Waals surface area (Å²) in [5.74, 6) is 0. The van der Waals surface area contributed by atoms with Crippen LogP contribution in [0.5, 0.6) is 0 Å². The van der Waals surface area contributed by atoms with E-state index in [2.05, 4.69) is 39.0 Å². The first-order chi connectivity index (χ1) is 9.28. The molecule has 2 aliphatic rings. The standard InChI is InChI=1S/C16H22BrNO/c1-19-14-7-9-18(10-8-14)16-4-2-3-12-11-13(17)5-6-15(12)16/h5-6,11,14,16H,2-4,7-10H2,1H3. The Kier molecular flexibility index (Phi) is 4.25. The van der Waals surface area contributed by atoms with Crippen molar-refractivity contribution in [1.29, 1.82) is 0 Å². The highest BCUT2D eigenvalue weighted by Crippen LogP contribution is 2.37. The molecule has 2 nitrogen and oxygen atoms in total. The topological polar surface area (TPSA) is 12.5 Å². The number of benzene rings is 1. The van der Waals surface area contributed by atoms with Crippen LogP contribution in [0.4, 0.5) is 0 Å². The van der Waals surface area contributed by atoms with Gasteiger partial charge in [0.25, 0.3) is 0 Å². The molecule has 1 aliphatic carbocycles. The van der Waals surface area contributed by atoms with Gasteiger partial charge >= 0.3 is 0 Å². The molecule has 104 valence electrons. The van der Waals surface area contributed by atoms with Crippen LogP contribution in [0.25, 0.3) is 0 Å². The largest absolute Gasteiger partial charge is 0.381 e. The number of fused-ring (bicyclic) bond motifs is 1. The first-order valence-electron chi connectivity index (χ1n) is 7.33. The molecule has 3 heteroatoms. The van der Waals surface area contributed by atoms with Gasteiger partial charge in [-0.1, -0.05) is 22.0 Å². The average Bonchev–Trinajstić information content (AvgIpc) is 2.46. The number of aryl methyl sites for hydroxylation is 1. The molecule has 0 bridgehead atoms. The lowest BCUT2D eigenvalue weighted by molar-refractivity contribution is 0.0240. The molecule has 1 saturated heterocycles. The summed E-state index contributed by atoms with van der Waals surface area (Å²) in [5.41, 5.74) is 3.10. The van der Waals surface area contributed by atoms with E-state index in [0.29, 0.717) is 12.1 Å². The predicted octanol–water partition coefficient (Wildman–Crippen LogP) is 3.94. The van der Waals surface area contributed by atoms with E-state index in [0.717, 1.165) is 0 Å². The zero-order valence-corrected chi connectivity index (χ0v) is 13.2. The van der Waals surface area contributed by atoms with Gasteiger partial charge in [0.2, 0.25) is 0 Å². The Morgan fingerprint density at radius 2 is 2.00 bits per heavy atom. The second-order valence-electron chi connectivity index (χ2n) is 5.72. The number of halogens is 1. The zero-order chi connectivity index (χ0) is 13.2. The number of ether oxygens (including phenoxy) is 1. The van der Waals surface area contributed by atoms with E-state index in [1.54, 1.807) is 11.1 Å². The number of hydrogen-bond acceptors (Lipinski definition) is 2. The van der Waals surface area contributed by atoms with Crippen molar-refractivity contribution in [2.75, 3.05) is 20.2 Å². The SMILES string of the molecule is COC1CCN(C2CCCc3cc(Br)ccc32)CC1. The molecule has 0 N–H and O–H groups in total. The van der Waals surface area contributed by atoms with E-state index < -0.39 is 0 Å². The fraction of sp³-hybridized carbons (Fsp3) is 0.625. The average molecular weight is 324 g/mol. The summed E-state index contributed by atoms with van der Waals surface area (Å²) in [4.78, 5) is 2.67. The molecule has 0 saturated carbocycles. The van der Waals surface area contributed by atoms with Gasteiger partial charge < -0.3 is 4.74 Å². The number of nitrogens with zero attached hydrogens (tertiary/aromatic N) is 1. The van der Waals surface area contributed by atoms with Crippen molar-refractivity contribution in [3.8, 4) is 0 Å². The molecule has 19 heavy (non-hydrogen) atoms. The van der Waals surface area contributed by atoms with Crippen LogP contribution in [0.3, 0.4) is 0 Å². The van der Waals surface area contributed by atoms with Crippen LogP contribution in [-0.4, -0.2) is 31.2 Å². The molecule has 3 rings (SSSR count). The van der Waals surface area contributed by atoms with Gasteiger partial charge in [-0.15, -0.1) is 0 Å². The Hall–Kier alpha value is -0.380. The first-order valence-corrected chi connectivity index (χ1v) is 8.12. The molecule has 1 heterocycles. The highest BCUT2D eigenvalue weighted by atomic mass is 79.9. The molecule has 0 amide bonds. The van der Waals surface area contributed by atoms with Crippen molar-refractivity contribution in [2.24, 2.45) is 0 Å². The maximum absolute atomic E-state index is 5.48. The quantitative estimate of drug-likeness (QED) is 0.817. The molecule has 1 unspecified atom stereocenters. The third-order valence-corrected chi connectivity index (χ3v) is 5.13. The predicted molar refractivity (Wildman–Crippen MR) is 81.4 cm³/mol. The molecule has 1 fully saturated rings. The Morgan fingerprint density at radius 3 is 2.74 bits per heavy atom. The lowest BCUT2D eigenvalue weighted by Gasteiger charge is -2.40. The minimum atomic E-state index is 0.476. The molecule has 1 aliphatic heterocycles. The summed E-state index contributed by atoms with van der Waals surface area (Å²) in [6.07, 6.45) is 6.70. The molecule has 0 radical (unpaired) electrons. The Labute approximate surface area is 124 Å². The number of piperidine rings is 1. The van der Waals surface area contributed by atoms with Crippen LogP contribution >= 0.6 is 15.9 Å². The zero-order valence-electron chi connectivity index (χ0n) is 11.6. The second kappa shape index (κ2) is 5.94. The summed E-state index contributed by atoms with van der Waals surface area (Å²) in [5, 5.41) is 0. The van der Waals surface area contributed by atoms with Crippen molar-refractivity contribution >= 4 is 15.9 Å². The maximum atomic E-state index is 5.48. The molecule has 0 aromatic heterocycles. The van der Waals surface area contributed by atoms with Crippen LogP contribution in [0.2, 0.25) is 0 Å². The molecular weight excluding hydrogens is 302 g/mol. The second-order valence-corrected chi connectivity index (χ2v) is 6.64. The van der Waals surface area contributed by atoms with Gasteiger partial charge in [0, 0.05) is 30.7 Å². The smallest absolute Gasteiger partial charge is 0.0595 e. The molecule has 1 aromatic carbocycles. The molecule has 1 atom stereocenters. The van der Waals surface area contributed by atoms with E-state index in [-0.39, 0.29) is 0 Å². The van der Waals surface area contributed by atoms with Crippen LogP contribution in [0, 0.1) is 0 Å². The van der Waals surface area contributed by atoms with Crippen LogP contribution in [0.15, 0.2) is 22.7 Å². The molecule has 1 aromatic rings. The van der Waals surface area contributed by atoms with E-state index in [1.807, 2.05) is 7.11 Å². The fourth-order valence-corrected chi connectivity index (χ4v) is 3.97. The Bertz CT molecular complexity index is 440. The lowest BCUT2D eigenvalue weighted by atomic mass is 9.86. The van der Waals surface area contributed by atoms with Gasteiger partial charge in [0.1, 0.15) is 0 Å². The number of methoxy groups -OCH3 is 1. The summed E-state index contributed by atoms with van der Waals surface area (Å²) >= 11 is 3.59. The maximum Gasteiger partial charge on any atom is 0.0595 e. The van der Waals surface area contributed by atoms with E-state index in [9.17, 15) is 0 Å². The van der Waals surface area contributed by atoms with Gasteiger partial charge in [-0.2, -0.15) is 0 Å². The van der Waals surface area contributed by atoms with Crippen molar-refractivity contribution in [3.05, 3.63) is 33.8 Å². The van der Waals surface area contributed by atoms with E-state index in [1.165, 1.54) is 49.7 Å². The van der Waals surface area contributed by atoms with Gasteiger partial charge in [0.15, 0.2) is 0 Å². The van der Waals surface area contributed by atoms with Crippen LogP contribution < -0.4 is 0 Å². The van der Waals surface area contributed by atoms with Crippen molar-refractivity contribution in [2.45, 2.75) is 44.2 Å². The lowest BCUT2D eigenvalue weighted by Crippen LogP contribution is -2.40. The van der Waals surface area contributed by atoms with Gasteiger partial charge in [-0.25, -0.2) is 0 Å². The first kappa shape index (κ1) is 13.6. The monoisotopic (exact) mass is 323 g/mol. The van der Waals surface area contributed by atoms with Gasteiger partial charge in [0.05, 0.1) is 6.10 Å². The van der Waals surface area contributed by atoms with Gasteiger partial charge in [-0.05, 0) is 55.4 Å². The third kappa shape index (κ3) is 2.88. The van der Waals surface area contributed by atoms with Crippen molar-refractivity contribution in [3.63, 3.8) is 0 Å². The van der Waals surface area contributed by atoms with Crippen LogP contribution in [0.1, 0.15) is 42.9 Å².